The summed E-state index contributed by atoms with van der Waals surface area (Å²) < 4.78 is 18.0. The molecule has 6 nitrogen and oxygen atoms in total. The van der Waals surface area contributed by atoms with E-state index in [1.54, 1.807) is 17.0 Å². The lowest BCUT2D eigenvalue weighted by Crippen LogP contribution is -2.30. The van der Waals surface area contributed by atoms with Crippen molar-refractivity contribution in [2.45, 2.75) is 12.8 Å². The number of aryl methyl sites for hydroxylation is 1. The number of guanidine groups is 1. The van der Waals surface area contributed by atoms with Crippen LogP contribution in [-0.4, -0.2) is 41.6 Å². The van der Waals surface area contributed by atoms with E-state index >= 15 is 0 Å². The number of aromatic nitrogens is 2. The summed E-state index contributed by atoms with van der Waals surface area (Å²) in [5.41, 5.74) is 6.41. The van der Waals surface area contributed by atoms with Crippen LogP contribution in [0.1, 0.15) is 12.3 Å². The molecular formula is C14H18FN5O. The molecule has 7 heteroatoms. The zero-order chi connectivity index (χ0) is 15.2. The van der Waals surface area contributed by atoms with Crippen LogP contribution < -0.4 is 5.73 Å². The molecule has 21 heavy (non-hydrogen) atoms. The van der Waals surface area contributed by atoms with Gasteiger partial charge in [-0.15, -0.1) is 0 Å². The number of hydrogen-bond donors (Lipinski definition) is 1. The molecule has 2 rings (SSSR count). The van der Waals surface area contributed by atoms with Crippen molar-refractivity contribution in [1.82, 2.24) is 15.0 Å². The molecule has 0 bridgehead atoms. The molecule has 1 aromatic heterocycles. The summed E-state index contributed by atoms with van der Waals surface area (Å²) in [6.45, 7) is 0.596. The average Bonchev–Trinajstić information content (AvgIpc) is 2.93. The largest absolute Gasteiger partial charge is 0.370 e. The molecule has 1 heterocycles. The normalized spacial score (nSPS) is 11.7. The molecule has 0 aliphatic rings. The molecule has 0 spiro atoms. The van der Waals surface area contributed by atoms with Crippen molar-refractivity contribution in [2.24, 2.45) is 10.7 Å². The summed E-state index contributed by atoms with van der Waals surface area (Å²) in [4.78, 5) is 10.2. The minimum atomic E-state index is -0.293. The maximum Gasteiger partial charge on any atom is 0.227 e. The Bertz CT molecular complexity index is 606. The van der Waals surface area contributed by atoms with Crippen molar-refractivity contribution < 1.29 is 8.91 Å². The Hall–Kier alpha value is -2.44. The van der Waals surface area contributed by atoms with E-state index in [1.807, 2.05) is 14.1 Å². The fourth-order valence-electron chi connectivity index (χ4n) is 1.64. The molecular weight excluding hydrogens is 273 g/mol. The second kappa shape index (κ2) is 6.83. The predicted octanol–water partition coefficient (Wildman–Crippen LogP) is 1.68. The quantitative estimate of drug-likeness (QED) is 0.515. The van der Waals surface area contributed by atoms with Gasteiger partial charge in [0.1, 0.15) is 5.82 Å². The molecule has 0 fully saturated rings. The van der Waals surface area contributed by atoms with E-state index in [0.29, 0.717) is 30.6 Å². The third-order valence-corrected chi connectivity index (χ3v) is 2.85. The van der Waals surface area contributed by atoms with E-state index < -0.39 is 0 Å². The number of aliphatic imine (C=N–C) groups is 1. The predicted molar refractivity (Wildman–Crippen MR) is 78.2 cm³/mol. The molecule has 0 saturated carbocycles. The Morgan fingerprint density at radius 3 is 2.71 bits per heavy atom. The molecule has 0 amide bonds. The van der Waals surface area contributed by atoms with Gasteiger partial charge < -0.3 is 15.2 Å². The lowest BCUT2D eigenvalue weighted by atomic mass is 10.2. The van der Waals surface area contributed by atoms with Crippen molar-refractivity contribution in [1.29, 1.82) is 0 Å². The number of halogens is 1. The second-order valence-corrected chi connectivity index (χ2v) is 4.76. The van der Waals surface area contributed by atoms with E-state index in [0.717, 1.165) is 12.0 Å². The van der Waals surface area contributed by atoms with E-state index in [9.17, 15) is 4.39 Å². The minimum Gasteiger partial charge on any atom is -0.370 e. The third kappa shape index (κ3) is 4.27. The molecule has 2 N–H and O–H groups in total. The van der Waals surface area contributed by atoms with Crippen LogP contribution in [0.15, 0.2) is 33.8 Å². The molecule has 0 unspecified atom stereocenters. The zero-order valence-corrected chi connectivity index (χ0v) is 12.1. The number of nitrogens with zero attached hydrogens (tertiary/aromatic N) is 4. The summed E-state index contributed by atoms with van der Waals surface area (Å²) in [6.07, 6.45) is 1.39. The first-order valence-corrected chi connectivity index (χ1v) is 6.62. The van der Waals surface area contributed by atoms with E-state index in [4.69, 9.17) is 10.3 Å². The smallest absolute Gasteiger partial charge is 0.227 e. The van der Waals surface area contributed by atoms with Crippen LogP contribution >= 0.6 is 0 Å². The number of benzene rings is 1. The fourth-order valence-corrected chi connectivity index (χ4v) is 1.64. The van der Waals surface area contributed by atoms with E-state index in [1.165, 1.54) is 12.1 Å². The van der Waals surface area contributed by atoms with E-state index in [-0.39, 0.29) is 5.82 Å². The first kappa shape index (κ1) is 15.0. The Morgan fingerprint density at radius 2 is 2.05 bits per heavy atom. The van der Waals surface area contributed by atoms with Gasteiger partial charge in [-0.3, -0.25) is 4.99 Å². The molecule has 0 aliphatic heterocycles. The van der Waals surface area contributed by atoms with Crippen LogP contribution in [0.5, 0.6) is 0 Å². The van der Waals surface area contributed by atoms with Gasteiger partial charge in [-0.1, -0.05) is 5.16 Å². The fraction of sp³-hybridized carbons (Fsp3) is 0.357. The van der Waals surface area contributed by atoms with Crippen LogP contribution in [-0.2, 0) is 6.42 Å². The summed E-state index contributed by atoms with van der Waals surface area (Å²) in [6, 6.07) is 5.96. The Balaban J connectivity index is 1.89. The first-order valence-electron chi connectivity index (χ1n) is 6.62. The topological polar surface area (TPSA) is 80.5 Å². The van der Waals surface area contributed by atoms with Crippen molar-refractivity contribution in [3.8, 4) is 11.4 Å². The van der Waals surface area contributed by atoms with Crippen LogP contribution in [0, 0.1) is 5.82 Å². The van der Waals surface area contributed by atoms with Crippen LogP contribution in [0.25, 0.3) is 11.4 Å². The zero-order valence-electron chi connectivity index (χ0n) is 12.1. The second-order valence-electron chi connectivity index (χ2n) is 4.76. The number of rotatable bonds is 5. The van der Waals surface area contributed by atoms with Gasteiger partial charge in [-0.2, -0.15) is 4.98 Å². The number of hydrogen-bond acceptors (Lipinski definition) is 4. The SMILES string of the molecule is CN(C)C(N)=NCCCc1nc(-c2ccc(F)cc2)no1. The molecule has 2 aromatic rings. The summed E-state index contributed by atoms with van der Waals surface area (Å²) in [5, 5.41) is 3.88. The summed E-state index contributed by atoms with van der Waals surface area (Å²) in [7, 11) is 3.68. The van der Waals surface area contributed by atoms with Crippen molar-refractivity contribution >= 4 is 5.96 Å². The van der Waals surface area contributed by atoms with Gasteiger partial charge in [0.05, 0.1) is 0 Å². The van der Waals surface area contributed by atoms with Crippen molar-refractivity contribution in [2.75, 3.05) is 20.6 Å². The van der Waals surface area contributed by atoms with Gasteiger partial charge in [0.2, 0.25) is 11.7 Å². The minimum absolute atomic E-state index is 0.293. The van der Waals surface area contributed by atoms with Crippen molar-refractivity contribution in [3.63, 3.8) is 0 Å². The highest BCUT2D eigenvalue weighted by Crippen LogP contribution is 2.16. The summed E-state index contributed by atoms with van der Waals surface area (Å²) >= 11 is 0. The lowest BCUT2D eigenvalue weighted by Gasteiger charge is -2.09. The Morgan fingerprint density at radius 1 is 1.33 bits per heavy atom. The Kier molecular flexibility index (Phi) is 4.86. The first-order chi connectivity index (χ1) is 10.1. The van der Waals surface area contributed by atoms with Gasteiger partial charge in [0, 0.05) is 32.6 Å². The van der Waals surface area contributed by atoms with E-state index in [2.05, 4.69) is 15.1 Å². The highest BCUT2D eigenvalue weighted by molar-refractivity contribution is 5.77. The van der Waals surface area contributed by atoms with Gasteiger partial charge in [-0.05, 0) is 30.7 Å². The Labute approximate surface area is 122 Å². The van der Waals surface area contributed by atoms with Gasteiger partial charge in [-0.25, -0.2) is 4.39 Å². The monoisotopic (exact) mass is 291 g/mol. The molecule has 1 aromatic carbocycles. The average molecular weight is 291 g/mol. The van der Waals surface area contributed by atoms with Gasteiger partial charge in [0.15, 0.2) is 5.96 Å². The van der Waals surface area contributed by atoms with Crippen molar-refractivity contribution in [3.05, 3.63) is 36.0 Å². The van der Waals surface area contributed by atoms with Gasteiger partial charge in [0.25, 0.3) is 0 Å². The van der Waals surface area contributed by atoms with Crippen LogP contribution in [0.3, 0.4) is 0 Å². The third-order valence-electron chi connectivity index (χ3n) is 2.85. The highest BCUT2D eigenvalue weighted by Gasteiger charge is 2.08. The molecule has 0 aliphatic carbocycles. The molecule has 0 saturated heterocycles. The number of nitrogens with two attached hydrogens (primary N) is 1. The maximum atomic E-state index is 12.8. The van der Waals surface area contributed by atoms with Gasteiger partial charge >= 0.3 is 0 Å². The maximum absolute atomic E-state index is 12.8. The highest BCUT2D eigenvalue weighted by atomic mass is 19.1. The molecule has 0 radical (unpaired) electrons. The lowest BCUT2D eigenvalue weighted by molar-refractivity contribution is 0.376. The molecule has 0 atom stereocenters. The standard InChI is InChI=1S/C14H18FN5O/c1-20(2)14(16)17-9-3-4-12-18-13(19-21-12)10-5-7-11(15)8-6-10/h5-8H,3-4,9H2,1-2H3,(H2,16,17). The van der Waals surface area contributed by atoms with Crippen LogP contribution in [0.2, 0.25) is 0 Å². The summed E-state index contributed by atoms with van der Waals surface area (Å²) in [5.74, 6) is 1.19. The van der Waals surface area contributed by atoms with Crippen LogP contribution in [0.4, 0.5) is 4.39 Å². The molecule has 112 valence electrons.